The summed E-state index contributed by atoms with van der Waals surface area (Å²) in [5.74, 6) is 0. The summed E-state index contributed by atoms with van der Waals surface area (Å²) in [6.45, 7) is 13.6. The average molecular weight is 587 g/mol. The molecule has 4 heteroatoms. The van der Waals surface area contributed by atoms with Crippen LogP contribution in [-0.2, 0) is 43.5 Å². The Morgan fingerprint density at radius 3 is 2.12 bits per heavy atom. The van der Waals surface area contributed by atoms with E-state index in [0.29, 0.717) is 0 Å². The molecule has 0 saturated carbocycles. The standard InChI is InChI=1S/C21H25.C9H7S.2ClH.Zr/c1-20(2,3)16-7-9-18-14(12-16)11-15-13-17(21(4,5)6)8-10-19(15)18;1-2-4-8(3-1)9-5-6-10-7-9;;;/h7-10,12H,11H2,1-6H3;1,3,5-7H,2H2;2*1H;/q2*-1;;;+4/p-2. The summed E-state index contributed by atoms with van der Waals surface area (Å²) in [4.78, 5) is 0. The Kier molecular flexibility index (Phi) is 11.3. The van der Waals surface area contributed by atoms with E-state index in [1.165, 1.54) is 44.5 Å². The molecule has 0 saturated heterocycles. The molecule has 1 aromatic heterocycles. The second-order valence-electron chi connectivity index (χ2n) is 10.5. The normalized spacial score (nSPS) is 13.3. The van der Waals surface area contributed by atoms with Gasteiger partial charge in [-0.15, -0.1) is 22.8 Å². The fourth-order valence-electron chi connectivity index (χ4n) is 4.05. The topological polar surface area (TPSA) is 0 Å². The van der Waals surface area contributed by atoms with Gasteiger partial charge in [-0.1, -0.05) is 83.2 Å². The molecule has 0 nitrogen and oxygen atoms in total. The molecule has 0 N–H and O–H groups in total. The maximum Gasteiger partial charge on any atom is 4.00 e. The maximum absolute atomic E-state index is 3.67. The van der Waals surface area contributed by atoms with E-state index in [-0.39, 0.29) is 61.8 Å². The summed E-state index contributed by atoms with van der Waals surface area (Å²) in [7, 11) is 0. The maximum atomic E-state index is 3.67. The van der Waals surface area contributed by atoms with Crippen molar-refractivity contribution in [3.05, 3.63) is 99.3 Å². The third-order valence-electron chi connectivity index (χ3n) is 5.99. The molecule has 2 aliphatic rings. The molecule has 2 aromatic carbocycles. The first-order valence-corrected chi connectivity index (χ1v) is 12.1. The number of halogens is 2. The van der Waals surface area contributed by atoms with Crippen LogP contribution in [0.5, 0.6) is 0 Å². The van der Waals surface area contributed by atoms with Crippen molar-refractivity contribution in [3.8, 4) is 11.1 Å². The van der Waals surface area contributed by atoms with Gasteiger partial charge in [0.15, 0.2) is 0 Å². The van der Waals surface area contributed by atoms with Gasteiger partial charge < -0.3 is 24.8 Å². The summed E-state index contributed by atoms with van der Waals surface area (Å²) in [5.41, 5.74) is 11.3. The largest absolute Gasteiger partial charge is 4.00 e. The summed E-state index contributed by atoms with van der Waals surface area (Å²) in [6.07, 6.45) is 9.53. The van der Waals surface area contributed by atoms with E-state index in [4.69, 9.17) is 0 Å². The molecule has 0 spiro atoms. The molecule has 3 aromatic rings. The van der Waals surface area contributed by atoms with E-state index < -0.39 is 0 Å². The second kappa shape index (κ2) is 12.4. The van der Waals surface area contributed by atoms with E-state index in [1.807, 2.05) is 0 Å². The fraction of sp³-hybridized carbons (Fsp3) is 0.333. The van der Waals surface area contributed by atoms with Crippen molar-refractivity contribution in [2.75, 3.05) is 0 Å². The number of fused-ring (bicyclic) bond motifs is 3. The number of allylic oxidation sites excluding steroid dienone is 4. The van der Waals surface area contributed by atoms with Crippen LogP contribution in [0, 0.1) is 12.1 Å². The minimum absolute atomic E-state index is 0. The van der Waals surface area contributed by atoms with Gasteiger partial charge in [0.25, 0.3) is 0 Å². The van der Waals surface area contributed by atoms with Crippen molar-refractivity contribution in [1.29, 1.82) is 0 Å². The van der Waals surface area contributed by atoms with Crippen LogP contribution in [-0.4, -0.2) is 0 Å². The quantitative estimate of drug-likeness (QED) is 0.301. The van der Waals surface area contributed by atoms with Gasteiger partial charge in [-0.3, -0.25) is 0 Å². The summed E-state index contributed by atoms with van der Waals surface area (Å²) >= 11 is 1.73. The van der Waals surface area contributed by atoms with Crippen LogP contribution in [0.25, 0.3) is 16.7 Å². The van der Waals surface area contributed by atoms with Gasteiger partial charge in [0.1, 0.15) is 0 Å². The van der Waals surface area contributed by atoms with Crippen LogP contribution in [0.15, 0.2) is 59.3 Å². The first kappa shape index (κ1) is 31.1. The Morgan fingerprint density at radius 1 is 0.853 bits per heavy atom. The van der Waals surface area contributed by atoms with Gasteiger partial charge in [-0.05, 0) is 33.8 Å². The molecule has 1 heterocycles. The Balaban J connectivity index is 0.000000379. The van der Waals surface area contributed by atoms with Crippen LogP contribution in [0.4, 0.5) is 0 Å². The zero-order chi connectivity index (χ0) is 22.2. The molecule has 0 unspecified atom stereocenters. The predicted octanol–water partition coefficient (Wildman–Crippen LogP) is 2.55. The van der Waals surface area contributed by atoms with Crippen LogP contribution in [0.2, 0.25) is 0 Å². The van der Waals surface area contributed by atoms with E-state index in [2.05, 4.69) is 113 Å². The zero-order valence-corrected chi connectivity index (χ0v) is 25.6. The predicted molar refractivity (Wildman–Crippen MR) is 136 cm³/mol. The molecule has 5 rings (SSSR count). The minimum Gasteiger partial charge on any atom is -1.00 e. The summed E-state index contributed by atoms with van der Waals surface area (Å²) in [5, 5.41) is 4.24. The molecule has 0 fully saturated rings. The first-order valence-electron chi connectivity index (χ1n) is 11.1. The Hall–Kier alpha value is -0.917. The summed E-state index contributed by atoms with van der Waals surface area (Å²) in [6, 6.07) is 17.3. The monoisotopic (exact) mass is 584 g/mol. The molecule has 0 aliphatic heterocycles. The van der Waals surface area contributed by atoms with Gasteiger partial charge >= 0.3 is 26.2 Å². The van der Waals surface area contributed by atoms with Crippen molar-refractivity contribution in [1.82, 2.24) is 0 Å². The average Bonchev–Trinajstić information content (AvgIpc) is 3.45. The van der Waals surface area contributed by atoms with Crippen LogP contribution < -0.4 is 24.8 Å². The molecule has 176 valence electrons. The summed E-state index contributed by atoms with van der Waals surface area (Å²) < 4.78 is 0. The van der Waals surface area contributed by atoms with Crippen LogP contribution in [0.3, 0.4) is 0 Å². The first-order chi connectivity index (χ1) is 14.6. The van der Waals surface area contributed by atoms with Gasteiger partial charge in [0, 0.05) is 0 Å². The van der Waals surface area contributed by atoms with Crippen molar-refractivity contribution in [2.45, 2.75) is 65.2 Å². The number of hydrogen-bond acceptors (Lipinski definition) is 1. The molecule has 2 aliphatic carbocycles. The van der Waals surface area contributed by atoms with Gasteiger partial charge in [-0.25, -0.2) is 0 Å². The smallest absolute Gasteiger partial charge is 1.00 e. The molecular formula is C30H32Cl2SZr. The van der Waals surface area contributed by atoms with Gasteiger partial charge in [0.05, 0.1) is 0 Å². The number of thiophene rings is 1. The molecule has 0 bridgehead atoms. The second-order valence-corrected chi connectivity index (χ2v) is 11.3. The minimum atomic E-state index is 0. The van der Waals surface area contributed by atoms with Crippen LogP contribution >= 0.6 is 11.3 Å². The number of benzene rings is 2. The van der Waals surface area contributed by atoms with Crippen LogP contribution in [0.1, 0.15) is 75.8 Å². The zero-order valence-electron chi connectivity index (χ0n) is 20.9. The molecule has 0 amide bonds. The number of hydrogen-bond donors (Lipinski definition) is 0. The Morgan fingerprint density at radius 2 is 1.56 bits per heavy atom. The Bertz CT molecular complexity index is 1080. The molecular weight excluding hydrogens is 555 g/mol. The van der Waals surface area contributed by atoms with Crippen molar-refractivity contribution >= 4 is 16.9 Å². The molecule has 0 radical (unpaired) electrons. The van der Waals surface area contributed by atoms with E-state index in [9.17, 15) is 0 Å². The van der Waals surface area contributed by atoms with Crippen molar-refractivity contribution in [3.63, 3.8) is 0 Å². The third kappa shape index (κ3) is 7.07. The SMILES string of the molecule is CC(C)(C)c1[c-]c2c(cc1)-c1ccc(C(C)(C)C)cc1C2.[C-]1=C(c2ccsc2)C=CC1.[Cl-].[Cl-].[Zr+4]. The third-order valence-corrected chi connectivity index (χ3v) is 6.67. The molecule has 34 heavy (non-hydrogen) atoms. The number of rotatable bonds is 1. The Labute approximate surface area is 241 Å². The van der Waals surface area contributed by atoms with E-state index in [1.54, 1.807) is 11.3 Å². The van der Waals surface area contributed by atoms with Crippen molar-refractivity contribution < 1.29 is 51.0 Å². The van der Waals surface area contributed by atoms with Gasteiger partial charge in [0.2, 0.25) is 0 Å². The fourth-order valence-corrected chi connectivity index (χ4v) is 4.70. The molecule has 0 atom stereocenters. The van der Waals surface area contributed by atoms with Crippen molar-refractivity contribution in [2.24, 2.45) is 0 Å². The van der Waals surface area contributed by atoms with Gasteiger partial charge in [-0.2, -0.15) is 52.8 Å². The van der Waals surface area contributed by atoms with E-state index >= 15 is 0 Å². The van der Waals surface area contributed by atoms with E-state index in [0.717, 1.165) is 12.8 Å².